The molecule has 0 aliphatic carbocycles. The molecular formula is C17H19N3O5. The molecule has 2 aliphatic heterocycles. The number of imide groups is 2. The van der Waals surface area contributed by atoms with Crippen molar-refractivity contribution in [3.8, 4) is 0 Å². The first-order chi connectivity index (χ1) is 12.0. The number of piperidine rings is 1. The quantitative estimate of drug-likeness (QED) is 0.503. The van der Waals surface area contributed by atoms with Crippen molar-refractivity contribution >= 4 is 29.3 Å². The van der Waals surface area contributed by atoms with Crippen LogP contribution in [0, 0.1) is 0 Å². The summed E-state index contributed by atoms with van der Waals surface area (Å²) in [7, 11) is 0. The average Bonchev–Trinajstić information content (AvgIpc) is 2.83. The van der Waals surface area contributed by atoms with E-state index in [1.165, 1.54) is 0 Å². The van der Waals surface area contributed by atoms with Crippen molar-refractivity contribution in [1.29, 1.82) is 0 Å². The van der Waals surface area contributed by atoms with Gasteiger partial charge in [-0.15, -0.1) is 0 Å². The van der Waals surface area contributed by atoms with E-state index in [1.54, 1.807) is 18.2 Å². The second kappa shape index (κ2) is 7.02. The van der Waals surface area contributed by atoms with Crippen LogP contribution in [0.3, 0.4) is 0 Å². The van der Waals surface area contributed by atoms with Crippen LogP contribution in [-0.2, 0) is 9.59 Å². The average molecular weight is 345 g/mol. The summed E-state index contributed by atoms with van der Waals surface area (Å²) in [5, 5.41) is 14.1. The number of rotatable bonds is 6. The number of unbranched alkanes of at least 4 members (excludes halogenated alkanes) is 1. The van der Waals surface area contributed by atoms with Crippen LogP contribution in [0.4, 0.5) is 5.69 Å². The maximum absolute atomic E-state index is 12.6. The summed E-state index contributed by atoms with van der Waals surface area (Å²) in [5.41, 5.74) is 1.21. The Labute approximate surface area is 144 Å². The Morgan fingerprint density at radius 1 is 1.12 bits per heavy atom. The lowest BCUT2D eigenvalue weighted by atomic mass is 10.0. The molecule has 132 valence electrons. The smallest absolute Gasteiger partial charge is 0.262 e. The monoisotopic (exact) mass is 345 g/mol. The molecule has 25 heavy (non-hydrogen) atoms. The fourth-order valence-corrected chi connectivity index (χ4v) is 3.05. The predicted octanol–water partition coefficient (Wildman–Crippen LogP) is 0.272. The molecule has 1 fully saturated rings. The van der Waals surface area contributed by atoms with E-state index in [0.717, 1.165) is 11.3 Å². The van der Waals surface area contributed by atoms with Crippen molar-refractivity contribution in [3.63, 3.8) is 0 Å². The van der Waals surface area contributed by atoms with Crippen molar-refractivity contribution < 1.29 is 24.3 Å². The van der Waals surface area contributed by atoms with E-state index in [-0.39, 0.29) is 30.6 Å². The molecule has 3 rings (SSSR count). The molecule has 1 saturated heterocycles. The third-order valence-electron chi connectivity index (χ3n) is 4.35. The van der Waals surface area contributed by atoms with Crippen LogP contribution in [0.25, 0.3) is 0 Å². The molecule has 2 heterocycles. The standard InChI is InChI=1S/C17H19N3O5/c21-8-2-1-7-18-10-3-4-11-12(9-10)17(25)20(16(11)24)13-5-6-14(22)19-15(13)23/h3-4,9,13,18,21H,1-2,5-8H2,(H,19,22,23). The Morgan fingerprint density at radius 3 is 2.60 bits per heavy atom. The number of aliphatic hydroxyl groups excluding tert-OH is 1. The first-order valence-electron chi connectivity index (χ1n) is 8.23. The SMILES string of the molecule is O=C1CCC(N2C(=O)c3ccc(NCCCCO)cc3C2=O)C(=O)N1. The Balaban J connectivity index is 1.77. The zero-order chi connectivity index (χ0) is 18.0. The molecule has 1 unspecified atom stereocenters. The van der Waals surface area contributed by atoms with Gasteiger partial charge in [0.25, 0.3) is 11.8 Å². The van der Waals surface area contributed by atoms with Crippen LogP contribution in [0.15, 0.2) is 18.2 Å². The summed E-state index contributed by atoms with van der Waals surface area (Å²) in [5.74, 6) is -2.05. The minimum absolute atomic E-state index is 0.0987. The minimum Gasteiger partial charge on any atom is -0.396 e. The van der Waals surface area contributed by atoms with Crippen LogP contribution in [-0.4, -0.2) is 52.8 Å². The van der Waals surface area contributed by atoms with Gasteiger partial charge in [-0.25, -0.2) is 0 Å². The summed E-state index contributed by atoms with van der Waals surface area (Å²) in [4.78, 5) is 49.4. The van der Waals surface area contributed by atoms with Gasteiger partial charge in [0.1, 0.15) is 6.04 Å². The molecule has 0 bridgehead atoms. The van der Waals surface area contributed by atoms with Gasteiger partial charge in [0.2, 0.25) is 11.8 Å². The number of benzene rings is 1. The summed E-state index contributed by atoms with van der Waals surface area (Å²) in [6.07, 6.45) is 1.70. The van der Waals surface area contributed by atoms with Crippen molar-refractivity contribution in [2.45, 2.75) is 31.7 Å². The zero-order valence-corrected chi connectivity index (χ0v) is 13.6. The highest BCUT2D eigenvalue weighted by molar-refractivity contribution is 6.23. The molecule has 0 spiro atoms. The molecule has 0 radical (unpaired) electrons. The fourth-order valence-electron chi connectivity index (χ4n) is 3.05. The third-order valence-corrected chi connectivity index (χ3v) is 4.35. The Bertz CT molecular complexity index is 746. The lowest BCUT2D eigenvalue weighted by molar-refractivity contribution is -0.136. The second-order valence-corrected chi connectivity index (χ2v) is 6.07. The van der Waals surface area contributed by atoms with E-state index in [2.05, 4.69) is 10.6 Å². The number of amides is 4. The Morgan fingerprint density at radius 2 is 1.88 bits per heavy atom. The van der Waals surface area contributed by atoms with E-state index in [4.69, 9.17) is 5.11 Å². The van der Waals surface area contributed by atoms with Crippen LogP contribution < -0.4 is 10.6 Å². The molecule has 8 heteroatoms. The van der Waals surface area contributed by atoms with Gasteiger partial charge in [0.15, 0.2) is 0 Å². The van der Waals surface area contributed by atoms with Crippen LogP contribution in [0.1, 0.15) is 46.4 Å². The lowest BCUT2D eigenvalue weighted by Gasteiger charge is -2.27. The Kier molecular flexibility index (Phi) is 4.80. The van der Waals surface area contributed by atoms with Gasteiger partial charge < -0.3 is 10.4 Å². The summed E-state index contributed by atoms with van der Waals surface area (Å²) in [6, 6.07) is 3.92. The number of fused-ring (bicyclic) bond motifs is 1. The van der Waals surface area contributed by atoms with Crippen molar-refractivity contribution in [1.82, 2.24) is 10.2 Å². The number of nitrogens with one attached hydrogen (secondary N) is 2. The van der Waals surface area contributed by atoms with E-state index in [0.29, 0.717) is 18.7 Å². The predicted molar refractivity (Wildman–Crippen MR) is 87.9 cm³/mol. The number of anilines is 1. The third kappa shape index (κ3) is 3.25. The number of carbonyl (C=O) groups is 4. The van der Waals surface area contributed by atoms with Gasteiger partial charge in [0.05, 0.1) is 11.1 Å². The van der Waals surface area contributed by atoms with Gasteiger partial charge in [0, 0.05) is 25.3 Å². The molecule has 3 N–H and O–H groups in total. The highest BCUT2D eigenvalue weighted by atomic mass is 16.3. The molecule has 8 nitrogen and oxygen atoms in total. The van der Waals surface area contributed by atoms with Gasteiger partial charge in [-0.05, 0) is 37.5 Å². The normalized spacial score (nSPS) is 19.9. The van der Waals surface area contributed by atoms with E-state index < -0.39 is 29.7 Å². The van der Waals surface area contributed by atoms with Gasteiger partial charge in [-0.2, -0.15) is 0 Å². The fraction of sp³-hybridized carbons (Fsp3) is 0.412. The van der Waals surface area contributed by atoms with Crippen LogP contribution >= 0.6 is 0 Å². The summed E-state index contributed by atoms with van der Waals surface area (Å²) < 4.78 is 0. The van der Waals surface area contributed by atoms with Crippen molar-refractivity contribution in [3.05, 3.63) is 29.3 Å². The number of carbonyl (C=O) groups excluding carboxylic acids is 4. The summed E-state index contributed by atoms with van der Waals surface area (Å²) in [6.45, 7) is 0.762. The molecule has 4 amide bonds. The van der Waals surface area contributed by atoms with Crippen molar-refractivity contribution in [2.24, 2.45) is 0 Å². The molecule has 2 aliphatic rings. The minimum atomic E-state index is -0.953. The molecule has 1 atom stereocenters. The zero-order valence-electron chi connectivity index (χ0n) is 13.6. The highest BCUT2D eigenvalue weighted by Gasteiger charge is 2.44. The number of hydrogen-bond donors (Lipinski definition) is 3. The van der Waals surface area contributed by atoms with E-state index in [9.17, 15) is 19.2 Å². The van der Waals surface area contributed by atoms with Crippen LogP contribution in [0.5, 0.6) is 0 Å². The topological polar surface area (TPSA) is 116 Å². The molecule has 0 aromatic heterocycles. The van der Waals surface area contributed by atoms with Crippen LogP contribution in [0.2, 0.25) is 0 Å². The maximum Gasteiger partial charge on any atom is 0.262 e. The van der Waals surface area contributed by atoms with Crippen molar-refractivity contribution in [2.75, 3.05) is 18.5 Å². The van der Waals surface area contributed by atoms with E-state index >= 15 is 0 Å². The molecular weight excluding hydrogens is 326 g/mol. The van der Waals surface area contributed by atoms with Gasteiger partial charge in [-0.1, -0.05) is 0 Å². The lowest BCUT2D eigenvalue weighted by Crippen LogP contribution is -2.54. The largest absolute Gasteiger partial charge is 0.396 e. The van der Waals surface area contributed by atoms with Gasteiger partial charge in [-0.3, -0.25) is 29.4 Å². The molecule has 0 saturated carbocycles. The Hall–Kier alpha value is -2.74. The molecule has 1 aromatic carbocycles. The van der Waals surface area contributed by atoms with E-state index in [1.807, 2.05) is 0 Å². The number of nitrogens with zero attached hydrogens (tertiary/aromatic N) is 1. The number of hydrogen-bond acceptors (Lipinski definition) is 6. The van der Waals surface area contributed by atoms with Gasteiger partial charge >= 0.3 is 0 Å². The maximum atomic E-state index is 12.6. The summed E-state index contributed by atoms with van der Waals surface area (Å²) >= 11 is 0. The highest BCUT2D eigenvalue weighted by Crippen LogP contribution is 2.29. The first-order valence-corrected chi connectivity index (χ1v) is 8.23. The number of aliphatic hydroxyl groups is 1. The first kappa shape index (κ1) is 17.1. The molecule has 1 aromatic rings. The second-order valence-electron chi connectivity index (χ2n) is 6.07.